The molecule has 0 aliphatic heterocycles. The van der Waals surface area contributed by atoms with Crippen molar-refractivity contribution in [3.63, 3.8) is 0 Å². The molecule has 1 fully saturated rings. The number of nitrogens with zero attached hydrogens (tertiary/aromatic N) is 2. The summed E-state index contributed by atoms with van der Waals surface area (Å²) in [6.45, 7) is 0. The Balaban J connectivity index is 1.81. The minimum Gasteiger partial charge on any atom is -0.279 e. The highest BCUT2D eigenvalue weighted by Crippen LogP contribution is 2.29. The van der Waals surface area contributed by atoms with Crippen molar-refractivity contribution < 1.29 is 8.42 Å². The average molecular weight is 366 g/mol. The number of sulfonamides is 1. The summed E-state index contributed by atoms with van der Waals surface area (Å²) in [6.07, 6.45) is 7.61. The lowest BCUT2D eigenvalue weighted by molar-refractivity contribution is 0.419. The number of rotatable bonds is 4. The Morgan fingerprint density at radius 2 is 2.14 bits per heavy atom. The Hall–Kier alpha value is -0.280. The number of hydrogen-bond acceptors (Lipinski definition) is 5. The first-order valence-electron chi connectivity index (χ1n) is 6.67. The second-order valence-electron chi connectivity index (χ2n) is 5.09. The summed E-state index contributed by atoms with van der Waals surface area (Å²) < 4.78 is 29.5. The van der Waals surface area contributed by atoms with E-state index in [0.717, 1.165) is 25.7 Å². The Morgan fingerprint density at radius 3 is 2.81 bits per heavy atom. The van der Waals surface area contributed by atoms with E-state index in [9.17, 15) is 8.42 Å². The first kappa shape index (κ1) is 15.6. The molecule has 2 heterocycles. The zero-order valence-corrected chi connectivity index (χ0v) is 14.7. The molecule has 1 saturated carbocycles. The van der Waals surface area contributed by atoms with Gasteiger partial charge in [0.1, 0.15) is 0 Å². The number of aromatic nitrogens is 2. The summed E-state index contributed by atoms with van der Waals surface area (Å²) in [5.74, 6) is 0. The van der Waals surface area contributed by atoms with E-state index in [0.29, 0.717) is 10.2 Å². The molecular weight excluding hydrogens is 350 g/mol. The molecule has 0 saturated heterocycles. The standard InChI is InChI=1S/C12H16ClN3O2S3/c1-19-9-4-2-8(3-5-9)15-21(17,18)11-10(13)14-12-16(11)6-7-20-12/h6-9,15H,2-5H2,1H3. The van der Waals surface area contributed by atoms with Gasteiger partial charge in [-0.2, -0.15) is 11.8 Å². The third-order valence-electron chi connectivity index (χ3n) is 3.76. The number of nitrogens with one attached hydrogen (secondary N) is 1. The van der Waals surface area contributed by atoms with Crippen molar-refractivity contribution >= 4 is 49.7 Å². The van der Waals surface area contributed by atoms with Gasteiger partial charge in [-0.1, -0.05) is 11.6 Å². The van der Waals surface area contributed by atoms with E-state index >= 15 is 0 Å². The van der Waals surface area contributed by atoms with Gasteiger partial charge < -0.3 is 0 Å². The number of thiazole rings is 1. The second kappa shape index (κ2) is 6.08. The topological polar surface area (TPSA) is 63.5 Å². The van der Waals surface area contributed by atoms with Crippen LogP contribution in [0.25, 0.3) is 4.96 Å². The Morgan fingerprint density at radius 1 is 1.43 bits per heavy atom. The number of thioether (sulfide) groups is 1. The number of halogens is 1. The summed E-state index contributed by atoms with van der Waals surface area (Å²) in [6, 6.07) is -0.0151. The lowest BCUT2D eigenvalue weighted by Gasteiger charge is -2.27. The van der Waals surface area contributed by atoms with Crippen LogP contribution in [0.3, 0.4) is 0 Å². The van der Waals surface area contributed by atoms with Gasteiger partial charge >= 0.3 is 0 Å². The summed E-state index contributed by atoms with van der Waals surface area (Å²) in [4.78, 5) is 4.67. The van der Waals surface area contributed by atoms with E-state index in [1.807, 2.05) is 11.8 Å². The minimum absolute atomic E-state index is 0.0151. The van der Waals surface area contributed by atoms with Crippen LogP contribution in [0.1, 0.15) is 25.7 Å². The minimum atomic E-state index is -3.65. The summed E-state index contributed by atoms with van der Waals surface area (Å²) >= 11 is 9.23. The number of fused-ring (bicyclic) bond motifs is 1. The molecule has 5 nitrogen and oxygen atoms in total. The molecule has 0 bridgehead atoms. The maximum Gasteiger partial charge on any atom is 0.260 e. The van der Waals surface area contributed by atoms with Crippen LogP contribution in [-0.4, -0.2) is 35.4 Å². The van der Waals surface area contributed by atoms with Crippen molar-refractivity contribution in [3.8, 4) is 0 Å². The van der Waals surface area contributed by atoms with Crippen molar-refractivity contribution in [1.29, 1.82) is 0 Å². The van der Waals surface area contributed by atoms with Crippen molar-refractivity contribution in [2.75, 3.05) is 6.26 Å². The van der Waals surface area contributed by atoms with Crippen molar-refractivity contribution in [2.24, 2.45) is 0 Å². The normalized spacial score (nSPS) is 23.7. The highest BCUT2D eigenvalue weighted by molar-refractivity contribution is 7.99. The van der Waals surface area contributed by atoms with Crippen LogP contribution in [0.2, 0.25) is 5.15 Å². The smallest absolute Gasteiger partial charge is 0.260 e. The lowest BCUT2D eigenvalue weighted by Crippen LogP contribution is -2.38. The van der Waals surface area contributed by atoms with Crippen LogP contribution >= 0.6 is 34.7 Å². The Kier molecular flexibility index (Phi) is 4.52. The quantitative estimate of drug-likeness (QED) is 0.904. The van der Waals surface area contributed by atoms with Crippen LogP contribution in [-0.2, 0) is 10.0 Å². The van der Waals surface area contributed by atoms with E-state index in [-0.39, 0.29) is 16.2 Å². The largest absolute Gasteiger partial charge is 0.279 e. The summed E-state index contributed by atoms with van der Waals surface area (Å²) in [7, 11) is -3.65. The van der Waals surface area contributed by atoms with Gasteiger partial charge in [0.25, 0.3) is 10.0 Å². The number of hydrogen-bond donors (Lipinski definition) is 1. The van der Waals surface area contributed by atoms with Gasteiger partial charge in [-0.3, -0.25) is 4.40 Å². The van der Waals surface area contributed by atoms with Gasteiger partial charge in [0.15, 0.2) is 15.1 Å². The predicted octanol–water partition coefficient (Wildman–Crippen LogP) is 3.00. The first-order valence-corrected chi connectivity index (χ1v) is 10.7. The molecule has 2 aromatic rings. The Bertz CT molecular complexity index is 732. The molecule has 0 unspecified atom stereocenters. The molecule has 0 aromatic carbocycles. The molecular formula is C12H16ClN3O2S3. The first-order chi connectivity index (χ1) is 10.0. The van der Waals surface area contributed by atoms with Crippen LogP contribution in [0.5, 0.6) is 0 Å². The van der Waals surface area contributed by atoms with Gasteiger partial charge in [-0.05, 0) is 31.9 Å². The lowest BCUT2D eigenvalue weighted by atomic mass is 9.96. The van der Waals surface area contributed by atoms with E-state index in [1.165, 1.54) is 15.7 Å². The molecule has 2 aromatic heterocycles. The predicted molar refractivity (Wildman–Crippen MR) is 88.0 cm³/mol. The Labute approximate surface area is 137 Å². The van der Waals surface area contributed by atoms with E-state index in [1.54, 1.807) is 11.6 Å². The fourth-order valence-electron chi connectivity index (χ4n) is 2.67. The maximum atomic E-state index is 12.6. The van der Waals surface area contributed by atoms with Crippen LogP contribution in [0.15, 0.2) is 16.6 Å². The van der Waals surface area contributed by atoms with Gasteiger partial charge in [0, 0.05) is 22.9 Å². The van der Waals surface area contributed by atoms with Crippen LogP contribution < -0.4 is 4.72 Å². The van der Waals surface area contributed by atoms with Crippen LogP contribution in [0.4, 0.5) is 0 Å². The van der Waals surface area contributed by atoms with Gasteiger partial charge in [-0.15, -0.1) is 11.3 Å². The molecule has 0 amide bonds. The molecule has 0 atom stereocenters. The molecule has 1 aliphatic rings. The third kappa shape index (κ3) is 3.10. The highest BCUT2D eigenvalue weighted by atomic mass is 35.5. The molecule has 9 heteroatoms. The molecule has 1 N–H and O–H groups in total. The molecule has 116 valence electrons. The van der Waals surface area contributed by atoms with E-state index < -0.39 is 10.0 Å². The molecule has 1 aliphatic carbocycles. The monoisotopic (exact) mass is 365 g/mol. The molecule has 0 radical (unpaired) electrons. The number of imidazole rings is 1. The SMILES string of the molecule is CSC1CCC(NS(=O)(=O)c2c(Cl)nc3sccn23)CC1. The van der Waals surface area contributed by atoms with Crippen molar-refractivity contribution in [3.05, 3.63) is 16.7 Å². The maximum absolute atomic E-state index is 12.6. The van der Waals surface area contributed by atoms with Gasteiger partial charge in [0.05, 0.1) is 0 Å². The fraction of sp³-hybridized carbons (Fsp3) is 0.583. The van der Waals surface area contributed by atoms with E-state index in [2.05, 4.69) is 16.0 Å². The summed E-state index contributed by atoms with van der Waals surface area (Å²) in [5.41, 5.74) is 0. The van der Waals surface area contributed by atoms with Crippen molar-refractivity contribution in [1.82, 2.24) is 14.1 Å². The van der Waals surface area contributed by atoms with Gasteiger partial charge in [-0.25, -0.2) is 18.1 Å². The zero-order chi connectivity index (χ0) is 15.0. The third-order valence-corrected chi connectivity index (χ3v) is 7.58. The zero-order valence-electron chi connectivity index (χ0n) is 11.5. The van der Waals surface area contributed by atoms with Crippen LogP contribution in [0, 0.1) is 0 Å². The fourth-order valence-corrected chi connectivity index (χ4v) is 6.17. The molecule has 0 spiro atoms. The second-order valence-corrected chi connectivity index (χ2v) is 9.09. The molecule has 21 heavy (non-hydrogen) atoms. The molecule has 3 rings (SSSR count). The van der Waals surface area contributed by atoms with Gasteiger partial charge in [0.2, 0.25) is 0 Å². The van der Waals surface area contributed by atoms with Crippen molar-refractivity contribution in [2.45, 2.75) is 42.0 Å². The highest BCUT2D eigenvalue weighted by Gasteiger charge is 2.29. The summed E-state index contributed by atoms with van der Waals surface area (Å²) in [5, 5.41) is 2.52. The average Bonchev–Trinajstić information content (AvgIpc) is 2.98. The van der Waals surface area contributed by atoms with E-state index in [4.69, 9.17) is 11.6 Å².